The van der Waals surface area contributed by atoms with Gasteiger partial charge in [0.25, 0.3) is 0 Å². The molecule has 0 saturated carbocycles. The van der Waals surface area contributed by atoms with Crippen molar-refractivity contribution in [2.45, 2.75) is 19.4 Å². The number of carboxylic acids is 1. The summed E-state index contributed by atoms with van der Waals surface area (Å²) in [7, 11) is 0. The Hall–Kier alpha value is -1.88. The monoisotopic (exact) mass is 261 g/mol. The van der Waals surface area contributed by atoms with Crippen LogP contribution in [0.1, 0.15) is 24.0 Å². The molecular formula is C14H19N3O2. The number of piperidine rings is 1. The van der Waals surface area contributed by atoms with Gasteiger partial charge in [0, 0.05) is 12.1 Å². The quantitative estimate of drug-likeness (QED) is 0.562. The van der Waals surface area contributed by atoms with E-state index in [1.807, 2.05) is 24.3 Å². The predicted octanol–water partition coefficient (Wildman–Crippen LogP) is 1.27. The topological polar surface area (TPSA) is 90.4 Å². The molecule has 1 aliphatic rings. The first-order valence-electron chi connectivity index (χ1n) is 6.45. The Kier molecular flexibility index (Phi) is 4.16. The molecule has 5 heteroatoms. The van der Waals surface area contributed by atoms with Crippen molar-refractivity contribution >= 4 is 11.8 Å². The third-order valence-corrected chi connectivity index (χ3v) is 3.61. The number of benzene rings is 1. The fourth-order valence-corrected chi connectivity index (χ4v) is 2.39. The third-order valence-electron chi connectivity index (χ3n) is 3.61. The van der Waals surface area contributed by atoms with E-state index in [0.29, 0.717) is 0 Å². The molecule has 0 atom stereocenters. The van der Waals surface area contributed by atoms with Crippen LogP contribution in [0.25, 0.3) is 0 Å². The number of hydrogen-bond donors (Lipinski definition) is 3. The van der Waals surface area contributed by atoms with Crippen molar-refractivity contribution in [3.05, 3.63) is 35.4 Å². The zero-order valence-electron chi connectivity index (χ0n) is 10.8. The van der Waals surface area contributed by atoms with Crippen molar-refractivity contribution in [1.82, 2.24) is 4.90 Å². The number of amidine groups is 1. The van der Waals surface area contributed by atoms with E-state index in [0.717, 1.165) is 38.0 Å². The smallest absolute Gasteiger partial charge is 0.306 e. The summed E-state index contributed by atoms with van der Waals surface area (Å²) >= 11 is 0. The second-order valence-corrected chi connectivity index (χ2v) is 5.00. The highest BCUT2D eigenvalue weighted by molar-refractivity contribution is 5.94. The summed E-state index contributed by atoms with van der Waals surface area (Å²) in [5.74, 6) is -0.782. The lowest BCUT2D eigenvalue weighted by Crippen LogP contribution is -2.35. The van der Waals surface area contributed by atoms with Gasteiger partial charge in [-0.2, -0.15) is 0 Å². The molecule has 0 bridgehead atoms. The molecule has 0 amide bonds. The van der Waals surface area contributed by atoms with Crippen molar-refractivity contribution in [3.8, 4) is 0 Å². The van der Waals surface area contributed by atoms with E-state index in [9.17, 15) is 4.79 Å². The largest absolute Gasteiger partial charge is 0.481 e. The van der Waals surface area contributed by atoms with Gasteiger partial charge < -0.3 is 10.8 Å². The molecule has 1 aromatic rings. The van der Waals surface area contributed by atoms with Gasteiger partial charge in [0.05, 0.1) is 5.92 Å². The number of nitrogens with one attached hydrogen (secondary N) is 1. The molecule has 1 heterocycles. The molecule has 0 aromatic heterocycles. The van der Waals surface area contributed by atoms with E-state index in [1.54, 1.807) is 0 Å². The van der Waals surface area contributed by atoms with Gasteiger partial charge in [-0.05, 0) is 31.5 Å². The van der Waals surface area contributed by atoms with Crippen molar-refractivity contribution in [2.24, 2.45) is 11.7 Å². The number of nitrogens with two attached hydrogens (primary N) is 1. The molecule has 0 spiro atoms. The zero-order valence-corrected chi connectivity index (χ0v) is 10.8. The van der Waals surface area contributed by atoms with Crippen LogP contribution < -0.4 is 5.73 Å². The molecule has 1 saturated heterocycles. The summed E-state index contributed by atoms with van der Waals surface area (Å²) in [6.07, 6.45) is 1.45. The van der Waals surface area contributed by atoms with Gasteiger partial charge in [-0.15, -0.1) is 0 Å². The molecule has 0 aliphatic carbocycles. The van der Waals surface area contributed by atoms with E-state index < -0.39 is 5.97 Å². The second kappa shape index (κ2) is 5.84. The maximum absolute atomic E-state index is 10.9. The predicted molar refractivity (Wildman–Crippen MR) is 73.1 cm³/mol. The summed E-state index contributed by atoms with van der Waals surface area (Å²) in [4.78, 5) is 13.1. The minimum absolute atomic E-state index is 0.0776. The molecule has 1 aromatic carbocycles. The second-order valence-electron chi connectivity index (χ2n) is 5.00. The number of carbonyl (C=O) groups is 1. The van der Waals surface area contributed by atoms with E-state index in [1.165, 1.54) is 5.56 Å². The van der Waals surface area contributed by atoms with Crippen LogP contribution in [-0.2, 0) is 11.3 Å². The number of rotatable bonds is 4. The Morgan fingerprint density at radius 1 is 1.32 bits per heavy atom. The summed E-state index contributed by atoms with van der Waals surface area (Å²) in [6, 6.07) is 7.64. The van der Waals surface area contributed by atoms with Gasteiger partial charge in [0.15, 0.2) is 0 Å². The molecule has 19 heavy (non-hydrogen) atoms. The van der Waals surface area contributed by atoms with E-state index in [2.05, 4.69) is 4.90 Å². The van der Waals surface area contributed by atoms with Crippen molar-refractivity contribution in [3.63, 3.8) is 0 Å². The van der Waals surface area contributed by atoms with Crippen LogP contribution in [0.15, 0.2) is 24.3 Å². The SMILES string of the molecule is N=C(N)c1ccc(CN2CCC(C(=O)O)CC2)cc1. The first kappa shape index (κ1) is 13.5. The number of aliphatic carboxylic acids is 1. The van der Waals surface area contributed by atoms with Gasteiger partial charge in [-0.25, -0.2) is 0 Å². The minimum Gasteiger partial charge on any atom is -0.481 e. The number of likely N-dealkylation sites (tertiary alicyclic amines) is 1. The average Bonchev–Trinajstić information content (AvgIpc) is 2.40. The lowest BCUT2D eigenvalue weighted by Gasteiger charge is -2.30. The van der Waals surface area contributed by atoms with Crippen LogP contribution in [0.5, 0.6) is 0 Å². The van der Waals surface area contributed by atoms with Gasteiger partial charge in [0.2, 0.25) is 0 Å². The van der Waals surface area contributed by atoms with Gasteiger partial charge >= 0.3 is 5.97 Å². The van der Waals surface area contributed by atoms with Crippen LogP contribution in [0.3, 0.4) is 0 Å². The fourth-order valence-electron chi connectivity index (χ4n) is 2.39. The Morgan fingerprint density at radius 3 is 2.37 bits per heavy atom. The first-order chi connectivity index (χ1) is 9.06. The normalized spacial score (nSPS) is 17.3. The van der Waals surface area contributed by atoms with Crippen molar-refractivity contribution in [2.75, 3.05) is 13.1 Å². The molecule has 0 radical (unpaired) electrons. The molecular weight excluding hydrogens is 242 g/mol. The van der Waals surface area contributed by atoms with E-state index in [4.69, 9.17) is 16.2 Å². The highest BCUT2D eigenvalue weighted by Crippen LogP contribution is 2.19. The Morgan fingerprint density at radius 2 is 1.89 bits per heavy atom. The molecule has 4 N–H and O–H groups in total. The Balaban J connectivity index is 1.88. The van der Waals surface area contributed by atoms with Gasteiger partial charge in [-0.3, -0.25) is 15.1 Å². The van der Waals surface area contributed by atoms with Crippen LogP contribution in [0.4, 0.5) is 0 Å². The van der Waals surface area contributed by atoms with Crippen molar-refractivity contribution in [1.29, 1.82) is 5.41 Å². The number of nitrogen functional groups attached to an aromatic ring is 1. The van der Waals surface area contributed by atoms with E-state index >= 15 is 0 Å². The van der Waals surface area contributed by atoms with Crippen LogP contribution in [0, 0.1) is 11.3 Å². The number of hydrogen-bond acceptors (Lipinski definition) is 3. The summed E-state index contributed by atoms with van der Waals surface area (Å²) < 4.78 is 0. The average molecular weight is 261 g/mol. The van der Waals surface area contributed by atoms with Crippen LogP contribution in [-0.4, -0.2) is 34.9 Å². The number of nitrogens with zero attached hydrogens (tertiary/aromatic N) is 1. The molecule has 2 rings (SSSR count). The van der Waals surface area contributed by atoms with Gasteiger partial charge in [-0.1, -0.05) is 24.3 Å². The van der Waals surface area contributed by atoms with Gasteiger partial charge in [0.1, 0.15) is 5.84 Å². The molecule has 1 aliphatic heterocycles. The summed E-state index contributed by atoms with van der Waals surface area (Å²) in [6.45, 7) is 2.47. The molecule has 1 fully saturated rings. The highest BCUT2D eigenvalue weighted by Gasteiger charge is 2.24. The molecule has 102 valence electrons. The first-order valence-corrected chi connectivity index (χ1v) is 6.45. The molecule has 5 nitrogen and oxygen atoms in total. The van der Waals surface area contributed by atoms with Crippen LogP contribution in [0.2, 0.25) is 0 Å². The third kappa shape index (κ3) is 3.54. The lowest BCUT2D eigenvalue weighted by molar-refractivity contribution is -0.143. The van der Waals surface area contributed by atoms with E-state index in [-0.39, 0.29) is 11.8 Å². The number of carboxylic acid groups (broad SMARTS) is 1. The maximum atomic E-state index is 10.9. The van der Waals surface area contributed by atoms with Crippen LogP contribution >= 0.6 is 0 Å². The Labute approximate surface area is 112 Å². The minimum atomic E-state index is -0.675. The summed E-state index contributed by atoms with van der Waals surface area (Å²) in [5, 5.41) is 16.3. The maximum Gasteiger partial charge on any atom is 0.306 e. The molecule has 0 unspecified atom stereocenters. The standard InChI is InChI=1S/C14H19N3O2/c15-13(16)11-3-1-10(2-4-11)9-17-7-5-12(6-8-17)14(18)19/h1-4,12H,5-9H2,(H3,15,16)(H,18,19). The highest BCUT2D eigenvalue weighted by atomic mass is 16.4. The lowest BCUT2D eigenvalue weighted by atomic mass is 9.97. The fraction of sp³-hybridized carbons (Fsp3) is 0.429. The summed E-state index contributed by atoms with van der Waals surface area (Å²) in [5.41, 5.74) is 7.30. The zero-order chi connectivity index (χ0) is 13.8. The Bertz CT molecular complexity index is 462. The van der Waals surface area contributed by atoms with Crippen molar-refractivity contribution < 1.29 is 9.90 Å².